The maximum absolute atomic E-state index is 13.2. The number of nitrogens with zero attached hydrogens (tertiary/aromatic N) is 3. The molecule has 1 N–H and O–H groups in total. The van der Waals surface area contributed by atoms with E-state index in [2.05, 4.69) is 0 Å². The standard InChI is InChI=1S/C22H24ClN3O3/c23-20-16-6-1-2-7-18(16)24-19-10-13(8-9-17(19)20)21(27)25-11-14-4-3-5-15(12-25)26(14)22(28)29/h8-10,14-15H,1-7,11-12H2,(H,28,29). The first-order valence-electron chi connectivity index (χ1n) is 10.4. The number of rotatable bonds is 1. The number of carbonyl (C=O) groups is 2. The van der Waals surface area contributed by atoms with Gasteiger partial charge in [0.1, 0.15) is 0 Å². The molecule has 0 spiro atoms. The van der Waals surface area contributed by atoms with Crippen molar-refractivity contribution in [1.29, 1.82) is 0 Å². The lowest BCUT2D eigenvalue weighted by atomic mass is 9.91. The predicted octanol–water partition coefficient (Wildman–Crippen LogP) is 4.12. The summed E-state index contributed by atoms with van der Waals surface area (Å²) < 4.78 is 0. The van der Waals surface area contributed by atoms with Gasteiger partial charge in [-0.25, -0.2) is 4.79 Å². The van der Waals surface area contributed by atoms with Gasteiger partial charge in [-0.1, -0.05) is 17.7 Å². The van der Waals surface area contributed by atoms with Crippen molar-refractivity contribution in [2.45, 2.75) is 57.0 Å². The Labute approximate surface area is 174 Å². The summed E-state index contributed by atoms with van der Waals surface area (Å²) in [5.41, 5.74) is 3.58. The first-order valence-corrected chi connectivity index (χ1v) is 10.8. The molecule has 3 aliphatic rings. The van der Waals surface area contributed by atoms with E-state index in [0.717, 1.165) is 72.1 Å². The van der Waals surface area contributed by atoms with Gasteiger partial charge >= 0.3 is 6.09 Å². The summed E-state index contributed by atoms with van der Waals surface area (Å²) in [5, 5.41) is 11.2. The lowest BCUT2D eigenvalue weighted by molar-refractivity contribution is 0.00371. The molecule has 2 bridgehead atoms. The van der Waals surface area contributed by atoms with Crippen molar-refractivity contribution in [3.8, 4) is 0 Å². The van der Waals surface area contributed by atoms with Crippen molar-refractivity contribution in [2.75, 3.05) is 13.1 Å². The lowest BCUT2D eigenvalue weighted by Gasteiger charge is -2.48. The molecule has 152 valence electrons. The van der Waals surface area contributed by atoms with Crippen molar-refractivity contribution in [3.05, 3.63) is 40.0 Å². The number of piperidine rings is 1. The van der Waals surface area contributed by atoms with E-state index in [1.807, 2.05) is 23.1 Å². The molecule has 2 fully saturated rings. The van der Waals surface area contributed by atoms with Crippen molar-refractivity contribution in [3.63, 3.8) is 0 Å². The highest BCUT2D eigenvalue weighted by atomic mass is 35.5. The van der Waals surface area contributed by atoms with Crippen LogP contribution in [0.5, 0.6) is 0 Å². The van der Waals surface area contributed by atoms with E-state index in [-0.39, 0.29) is 18.0 Å². The van der Waals surface area contributed by atoms with Crippen LogP contribution in [0.4, 0.5) is 4.79 Å². The monoisotopic (exact) mass is 413 g/mol. The van der Waals surface area contributed by atoms with Gasteiger partial charge in [0.15, 0.2) is 0 Å². The number of hydrogen-bond acceptors (Lipinski definition) is 3. The Morgan fingerprint density at radius 2 is 1.79 bits per heavy atom. The third kappa shape index (κ3) is 3.14. The van der Waals surface area contributed by atoms with Crippen LogP contribution in [0.3, 0.4) is 0 Å². The van der Waals surface area contributed by atoms with Gasteiger partial charge in [0.05, 0.1) is 22.6 Å². The third-order valence-corrected chi connectivity index (χ3v) is 7.10. The smallest absolute Gasteiger partial charge is 0.407 e. The molecule has 7 heteroatoms. The number of piperazine rings is 1. The maximum Gasteiger partial charge on any atom is 0.407 e. The minimum Gasteiger partial charge on any atom is -0.465 e. The van der Waals surface area contributed by atoms with E-state index in [0.29, 0.717) is 18.7 Å². The molecule has 2 saturated heterocycles. The van der Waals surface area contributed by atoms with Crippen LogP contribution in [0.25, 0.3) is 10.9 Å². The van der Waals surface area contributed by atoms with Crippen molar-refractivity contribution in [1.82, 2.24) is 14.8 Å². The number of hydrogen-bond donors (Lipinski definition) is 1. The topological polar surface area (TPSA) is 73.7 Å². The number of carbonyl (C=O) groups excluding carboxylic acids is 1. The molecule has 5 rings (SSSR count). The largest absolute Gasteiger partial charge is 0.465 e. The summed E-state index contributed by atoms with van der Waals surface area (Å²) in [6.07, 6.45) is 5.93. The second-order valence-electron chi connectivity index (χ2n) is 8.43. The summed E-state index contributed by atoms with van der Waals surface area (Å²) in [5.74, 6) is -0.0514. The Morgan fingerprint density at radius 1 is 1.07 bits per heavy atom. The molecule has 2 aliphatic heterocycles. The van der Waals surface area contributed by atoms with Crippen LogP contribution in [0.2, 0.25) is 5.02 Å². The van der Waals surface area contributed by atoms with Crippen LogP contribution >= 0.6 is 11.6 Å². The van der Waals surface area contributed by atoms with Gasteiger partial charge in [-0.2, -0.15) is 0 Å². The number of likely N-dealkylation sites (tertiary alicyclic amines) is 1. The van der Waals surface area contributed by atoms with Crippen LogP contribution in [-0.2, 0) is 12.8 Å². The number of aromatic nitrogens is 1. The fourth-order valence-electron chi connectivity index (χ4n) is 5.27. The van der Waals surface area contributed by atoms with Gasteiger partial charge < -0.3 is 10.0 Å². The number of aryl methyl sites for hydroxylation is 1. The predicted molar refractivity (Wildman–Crippen MR) is 111 cm³/mol. The quantitative estimate of drug-likeness (QED) is 0.763. The molecule has 29 heavy (non-hydrogen) atoms. The van der Waals surface area contributed by atoms with E-state index in [1.165, 1.54) is 0 Å². The Morgan fingerprint density at radius 3 is 2.52 bits per heavy atom. The molecule has 2 amide bonds. The maximum atomic E-state index is 13.2. The molecule has 1 aromatic carbocycles. The number of halogens is 1. The zero-order chi connectivity index (χ0) is 20.1. The molecule has 2 unspecified atom stereocenters. The third-order valence-electron chi connectivity index (χ3n) is 6.67. The van der Waals surface area contributed by atoms with Crippen LogP contribution in [0.1, 0.15) is 53.7 Å². The summed E-state index contributed by atoms with van der Waals surface area (Å²) >= 11 is 6.65. The molecule has 2 aromatic rings. The molecular weight excluding hydrogens is 390 g/mol. The number of pyridine rings is 1. The SMILES string of the molecule is O=C(c1ccc2c(Cl)c3c(nc2c1)CCCC3)N1CC2CCCC(C1)N2C(=O)O. The molecule has 2 atom stereocenters. The fraction of sp³-hybridized carbons (Fsp3) is 0.500. The second kappa shape index (κ2) is 7.17. The minimum absolute atomic E-state index is 0.0514. The fourth-order valence-corrected chi connectivity index (χ4v) is 5.63. The van der Waals surface area contributed by atoms with Gasteiger partial charge in [-0.15, -0.1) is 0 Å². The van der Waals surface area contributed by atoms with Crippen molar-refractivity contribution >= 4 is 34.5 Å². The van der Waals surface area contributed by atoms with Crippen LogP contribution in [0.15, 0.2) is 18.2 Å². The van der Waals surface area contributed by atoms with E-state index < -0.39 is 6.09 Å². The Hall–Kier alpha value is -2.34. The Bertz CT molecular complexity index is 994. The summed E-state index contributed by atoms with van der Waals surface area (Å²) in [6, 6.07) is 5.36. The molecular formula is C22H24ClN3O3. The van der Waals surface area contributed by atoms with E-state index in [1.54, 1.807) is 4.90 Å². The van der Waals surface area contributed by atoms with Gasteiger partial charge in [0.25, 0.3) is 5.91 Å². The molecule has 0 radical (unpaired) electrons. The zero-order valence-corrected chi connectivity index (χ0v) is 17.0. The number of benzene rings is 1. The van der Waals surface area contributed by atoms with Crippen LogP contribution in [-0.4, -0.2) is 57.1 Å². The van der Waals surface area contributed by atoms with E-state index in [9.17, 15) is 14.7 Å². The average molecular weight is 414 g/mol. The minimum atomic E-state index is -0.874. The van der Waals surface area contributed by atoms with Crippen LogP contribution < -0.4 is 0 Å². The normalized spacial score (nSPS) is 23.8. The van der Waals surface area contributed by atoms with Gasteiger partial charge in [0, 0.05) is 29.7 Å². The number of fused-ring (bicyclic) bond motifs is 4. The second-order valence-corrected chi connectivity index (χ2v) is 8.81. The molecule has 1 aliphatic carbocycles. The van der Waals surface area contributed by atoms with Crippen LogP contribution in [0, 0.1) is 0 Å². The molecule has 0 saturated carbocycles. The number of amides is 2. The first-order chi connectivity index (χ1) is 14.0. The highest BCUT2D eigenvalue weighted by Crippen LogP contribution is 2.34. The summed E-state index contributed by atoms with van der Waals surface area (Å²) in [6.45, 7) is 0.913. The van der Waals surface area contributed by atoms with Gasteiger partial charge in [0.2, 0.25) is 0 Å². The van der Waals surface area contributed by atoms with Gasteiger partial charge in [-0.05, 0) is 62.6 Å². The molecule has 6 nitrogen and oxygen atoms in total. The summed E-state index contributed by atoms with van der Waals surface area (Å²) in [7, 11) is 0. The zero-order valence-electron chi connectivity index (χ0n) is 16.2. The van der Waals surface area contributed by atoms with Gasteiger partial charge in [-0.3, -0.25) is 14.7 Å². The highest BCUT2D eigenvalue weighted by molar-refractivity contribution is 6.36. The van der Waals surface area contributed by atoms with Crippen molar-refractivity contribution in [2.24, 2.45) is 0 Å². The first kappa shape index (κ1) is 18.7. The Balaban J connectivity index is 1.45. The lowest BCUT2D eigenvalue weighted by Crippen LogP contribution is -2.63. The molecule has 1 aromatic heterocycles. The van der Waals surface area contributed by atoms with E-state index >= 15 is 0 Å². The van der Waals surface area contributed by atoms with Crippen molar-refractivity contribution < 1.29 is 14.7 Å². The average Bonchev–Trinajstić information content (AvgIpc) is 2.72. The highest BCUT2D eigenvalue weighted by Gasteiger charge is 2.41. The van der Waals surface area contributed by atoms with E-state index in [4.69, 9.17) is 16.6 Å². The molecule has 3 heterocycles. The summed E-state index contributed by atoms with van der Waals surface area (Å²) in [4.78, 5) is 33.0. The number of carboxylic acid groups (broad SMARTS) is 1. The Kier molecular flexibility index (Phi) is 4.62.